The second kappa shape index (κ2) is 6.02. The summed E-state index contributed by atoms with van der Waals surface area (Å²) in [6, 6.07) is 11.4. The topological polar surface area (TPSA) is 57.4 Å². The van der Waals surface area contributed by atoms with Crippen LogP contribution in [0.5, 0.6) is 11.5 Å². The lowest BCUT2D eigenvalue weighted by atomic mass is 10.2. The first-order valence-corrected chi connectivity index (χ1v) is 5.74. The third kappa shape index (κ3) is 2.78. The van der Waals surface area contributed by atoms with Crippen molar-refractivity contribution in [3.63, 3.8) is 0 Å². The van der Waals surface area contributed by atoms with Gasteiger partial charge >= 0.3 is 0 Å². The molecule has 0 saturated heterocycles. The van der Waals surface area contributed by atoms with E-state index in [2.05, 4.69) is 4.98 Å². The molecule has 0 saturated carbocycles. The number of aromatic nitrogens is 1. The number of rotatable bonds is 5. The summed E-state index contributed by atoms with van der Waals surface area (Å²) in [5.74, 6) is 1.38. The summed E-state index contributed by atoms with van der Waals surface area (Å²) in [5.41, 5.74) is 7.48. The minimum atomic E-state index is 0.397. The standard InChI is InChI=1S/C14H16N2O2/c1-17-13-7-4-5-11(9-15)14(13)18-10-12-6-2-3-8-16-12/h2-8H,9-10,15H2,1H3. The van der Waals surface area contributed by atoms with Gasteiger partial charge < -0.3 is 15.2 Å². The predicted molar refractivity (Wildman–Crippen MR) is 69.5 cm³/mol. The summed E-state index contributed by atoms with van der Waals surface area (Å²) in [5, 5.41) is 0. The van der Waals surface area contributed by atoms with Gasteiger partial charge in [0.25, 0.3) is 0 Å². The largest absolute Gasteiger partial charge is 0.493 e. The van der Waals surface area contributed by atoms with Crippen molar-refractivity contribution in [2.24, 2.45) is 5.73 Å². The fourth-order valence-electron chi connectivity index (χ4n) is 1.68. The Balaban J connectivity index is 2.17. The lowest BCUT2D eigenvalue weighted by Crippen LogP contribution is -2.05. The van der Waals surface area contributed by atoms with Gasteiger partial charge in [0.1, 0.15) is 6.61 Å². The van der Waals surface area contributed by atoms with Crippen LogP contribution in [0.2, 0.25) is 0 Å². The van der Waals surface area contributed by atoms with E-state index in [0.29, 0.717) is 24.7 Å². The van der Waals surface area contributed by atoms with E-state index in [0.717, 1.165) is 11.3 Å². The van der Waals surface area contributed by atoms with E-state index in [4.69, 9.17) is 15.2 Å². The number of nitrogens with zero attached hydrogens (tertiary/aromatic N) is 1. The highest BCUT2D eigenvalue weighted by Gasteiger charge is 2.09. The zero-order chi connectivity index (χ0) is 12.8. The van der Waals surface area contributed by atoms with E-state index in [9.17, 15) is 0 Å². The highest BCUT2D eigenvalue weighted by atomic mass is 16.5. The second-order valence-electron chi connectivity index (χ2n) is 3.76. The fourth-order valence-corrected chi connectivity index (χ4v) is 1.68. The Morgan fingerprint density at radius 2 is 2.06 bits per heavy atom. The highest BCUT2D eigenvalue weighted by molar-refractivity contribution is 5.46. The predicted octanol–water partition coefficient (Wildman–Crippen LogP) is 2.13. The van der Waals surface area contributed by atoms with Gasteiger partial charge in [0.2, 0.25) is 0 Å². The van der Waals surface area contributed by atoms with Crippen LogP contribution in [-0.2, 0) is 13.2 Å². The molecule has 0 aliphatic heterocycles. The maximum atomic E-state index is 5.77. The van der Waals surface area contributed by atoms with Gasteiger partial charge in [-0.3, -0.25) is 4.98 Å². The van der Waals surface area contributed by atoms with Gasteiger partial charge in [-0.15, -0.1) is 0 Å². The molecule has 0 spiro atoms. The average molecular weight is 244 g/mol. The third-order valence-electron chi connectivity index (χ3n) is 2.59. The molecule has 0 unspecified atom stereocenters. The van der Waals surface area contributed by atoms with E-state index in [1.54, 1.807) is 13.3 Å². The van der Waals surface area contributed by atoms with Crippen LogP contribution in [0.25, 0.3) is 0 Å². The molecule has 18 heavy (non-hydrogen) atoms. The van der Waals surface area contributed by atoms with Crippen LogP contribution < -0.4 is 15.2 Å². The molecule has 0 bridgehead atoms. The number of nitrogens with two attached hydrogens (primary N) is 1. The number of para-hydroxylation sites is 1. The van der Waals surface area contributed by atoms with Crippen molar-refractivity contribution in [3.8, 4) is 11.5 Å². The molecule has 0 aliphatic carbocycles. The molecule has 0 fully saturated rings. The SMILES string of the molecule is COc1cccc(CN)c1OCc1ccccn1. The molecule has 0 amide bonds. The maximum absolute atomic E-state index is 5.77. The number of benzene rings is 1. The van der Waals surface area contributed by atoms with Crippen LogP contribution in [0.4, 0.5) is 0 Å². The smallest absolute Gasteiger partial charge is 0.166 e. The van der Waals surface area contributed by atoms with Crippen molar-refractivity contribution in [1.29, 1.82) is 0 Å². The number of ether oxygens (including phenoxy) is 2. The lowest BCUT2D eigenvalue weighted by molar-refractivity contribution is 0.277. The van der Waals surface area contributed by atoms with Crippen molar-refractivity contribution in [3.05, 3.63) is 53.9 Å². The van der Waals surface area contributed by atoms with E-state index in [1.165, 1.54) is 0 Å². The lowest BCUT2D eigenvalue weighted by Gasteiger charge is -2.13. The molecule has 1 aromatic heterocycles. The monoisotopic (exact) mass is 244 g/mol. The Bertz CT molecular complexity index is 478. The van der Waals surface area contributed by atoms with Crippen molar-refractivity contribution in [2.75, 3.05) is 7.11 Å². The zero-order valence-corrected chi connectivity index (χ0v) is 10.3. The molecule has 1 heterocycles. The molecule has 2 rings (SSSR count). The summed E-state index contributed by atoms with van der Waals surface area (Å²) in [6.07, 6.45) is 1.74. The quantitative estimate of drug-likeness (QED) is 0.875. The molecule has 2 aromatic rings. The van der Waals surface area contributed by atoms with Gasteiger partial charge in [0.05, 0.1) is 12.8 Å². The number of pyridine rings is 1. The van der Waals surface area contributed by atoms with Gasteiger partial charge in [-0.25, -0.2) is 0 Å². The number of methoxy groups -OCH3 is 1. The molecule has 94 valence electrons. The minimum Gasteiger partial charge on any atom is -0.493 e. The Morgan fingerprint density at radius 3 is 2.72 bits per heavy atom. The van der Waals surface area contributed by atoms with Gasteiger partial charge in [0, 0.05) is 18.3 Å². The summed E-state index contributed by atoms with van der Waals surface area (Å²) in [4.78, 5) is 4.21. The molecular formula is C14H16N2O2. The molecular weight excluding hydrogens is 228 g/mol. The second-order valence-corrected chi connectivity index (χ2v) is 3.76. The molecule has 2 N–H and O–H groups in total. The van der Waals surface area contributed by atoms with Gasteiger partial charge in [-0.2, -0.15) is 0 Å². The molecule has 0 radical (unpaired) electrons. The van der Waals surface area contributed by atoms with Crippen LogP contribution in [0, 0.1) is 0 Å². The van der Waals surface area contributed by atoms with Crippen molar-refractivity contribution in [2.45, 2.75) is 13.2 Å². The van der Waals surface area contributed by atoms with Crippen molar-refractivity contribution < 1.29 is 9.47 Å². The molecule has 0 aliphatic rings. The van der Waals surface area contributed by atoms with Crippen molar-refractivity contribution >= 4 is 0 Å². The van der Waals surface area contributed by atoms with Gasteiger partial charge in [-0.1, -0.05) is 18.2 Å². The van der Waals surface area contributed by atoms with E-state index in [1.807, 2.05) is 36.4 Å². The average Bonchev–Trinajstić information content (AvgIpc) is 2.45. The third-order valence-corrected chi connectivity index (χ3v) is 2.59. The Hall–Kier alpha value is -2.07. The first-order chi connectivity index (χ1) is 8.85. The van der Waals surface area contributed by atoms with Crippen molar-refractivity contribution in [1.82, 2.24) is 4.98 Å². The molecule has 4 nitrogen and oxygen atoms in total. The number of hydrogen-bond donors (Lipinski definition) is 1. The van der Waals surface area contributed by atoms with E-state index in [-0.39, 0.29) is 0 Å². The van der Waals surface area contributed by atoms with Crippen LogP contribution >= 0.6 is 0 Å². The van der Waals surface area contributed by atoms with E-state index >= 15 is 0 Å². The first kappa shape index (κ1) is 12.4. The Labute approximate surface area is 106 Å². The molecule has 0 atom stereocenters. The highest BCUT2D eigenvalue weighted by Crippen LogP contribution is 2.31. The van der Waals surface area contributed by atoms with Gasteiger partial charge in [-0.05, 0) is 18.2 Å². The van der Waals surface area contributed by atoms with Gasteiger partial charge in [0.15, 0.2) is 11.5 Å². The van der Waals surface area contributed by atoms with Crippen LogP contribution in [0.1, 0.15) is 11.3 Å². The molecule has 1 aromatic carbocycles. The fraction of sp³-hybridized carbons (Fsp3) is 0.214. The van der Waals surface area contributed by atoms with Crippen LogP contribution in [0.3, 0.4) is 0 Å². The Morgan fingerprint density at radius 1 is 1.17 bits per heavy atom. The maximum Gasteiger partial charge on any atom is 0.166 e. The summed E-state index contributed by atoms with van der Waals surface area (Å²) < 4.78 is 11.0. The summed E-state index contributed by atoms with van der Waals surface area (Å²) in [6.45, 7) is 0.808. The van der Waals surface area contributed by atoms with E-state index < -0.39 is 0 Å². The summed E-state index contributed by atoms with van der Waals surface area (Å²) in [7, 11) is 1.61. The molecule has 4 heteroatoms. The zero-order valence-electron chi connectivity index (χ0n) is 10.3. The number of hydrogen-bond acceptors (Lipinski definition) is 4. The Kier molecular flexibility index (Phi) is 4.15. The first-order valence-electron chi connectivity index (χ1n) is 5.74. The van der Waals surface area contributed by atoms with Crippen LogP contribution in [0.15, 0.2) is 42.6 Å². The normalized spacial score (nSPS) is 10.1. The van der Waals surface area contributed by atoms with Crippen LogP contribution in [-0.4, -0.2) is 12.1 Å². The minimum absolute atomic E-state index is 0.397. The summed E-state index contributed by atoms with van der Waals surface area (Å²) >= 11 is 0.